The molecular formula is C16H21ClN4O. The van der Waals surface area contributed by atoms with Gasteiger partial charge in [0.25, 0.3) is 0 Å². The number of amides is 2. The van der Waals surface area contributed by atoms with Crippen LogP contribution in [-0.4, -0.2) is 33.8 Å². The summed E-state index contributed by atoms with van der Waals surface area (Å²) in [5.41, 5.74) is 2.71. The first-order chi connectivity index (χ1) is 10.5. The van der Waals surface area contributed by atoms with Gasteiger partial charge in [-0.3, -0.25) is 4.68 Å². The number of hydrogen-bond donors (Lipinski definition) is 1. The Morgan fingerprint density at radius 2 is 2.18 bits per heavy atom. The molecule has 1 aromatic heterocycles. The lowest BCUT2D eigenvalue weighted by molar-refractivity contribution is 0.211. The van der Waals surface area contributed by atoms with Crippen LogP contribution in [0, 0.1) is 13.8 Å². The molecule has 0 spiro atoms. The zero-order valence-corrected chi connectivity index (χ0v) is 13.9. The molecule has 0 fully saturated rings. The number of carbonyl (C=O) groups is 1. The minimum Gasteiger partial charge on any atom is -0.323 e. The van der Waals surface area contributed by atoms with Crippen molar-refractivity contribution in [3.8, 4) is 0 Å². The topological polar surface area (TPSA) is 50.2 Å². The molecule has 0 saturated heterocycles. The molecule has 1 aromatic carbocycles. The van der Waals surface area contributed by atoms with E-state index < -0.39 is 0 Å². The quantitative estimate of drug-likeness (QED) is 0.913. The van der Waals surface area contributed by atoms with Crippen LogP contribution in [0.25, 0.3) is 0 Å². The number of halogens is 1. The summed E-state index contributed by atoms with van der Waals surface area (Å²) in [7, 11) is 0. The van der Waals surface area contributed by atoms with Crippen LogP contribution in [0.5, 0.6) is 0 Å². The molecule has 0 unspecified atom stereocenters. The van der Waals surface area contributed by atoms with Crippen molar-refractivity contribution < 1.29 is 4.79 Å². The van der Waals surface area contributed by atoms with Crippen molar-refractivity contribution in [2.75, 3.05) is 18.4 Å². The van der Waals surface area contributed by atoms with E-state index in [1.165, 1.54) is 0 Å². The molecule has 1 heterocycles. The van der Waals surface area contributed by atoms with Gasteiger partial charge in [0.1, 0.15) is 0 Å². The van der Waals surface area contributed by atoms with Gasteiger partial charge in [0, 0.05) is 25.5 Å². The smallest absolute Gasteiger partial charge is 0.321 e. The van der Waals surface area contributed by atoms with Crippen molar-refractivity contribution in [3.05, 3.63) is 46.7 Å². The molecule has 1 N–H and O–H groups in total. The molecular weight excluding hydrogens is 300 g/mol. The predicted octanol–water partition coefficient (Wildman–Crippen LogP) is 3.71. The van der Waals surface area contributed by atoms with Gasteiger partial charge in [-0.2, -0.15) is 5.10 Å². The molecule has 0 bridgehead atoms. The fraction of sp³-hybridized carbons (Fsp3) is 0.375. The summed E-state index contributed by atoms with van der Waals surface area (Å²) in [6.45, 7) is 7.74. The number of urea groups is 1. The summed E-state index contributed by atoms with van der Waals surface area (Å²) < 4.78 is 1.81. The number of carbonyl (C=O) groups excluding carboxylic acids is 1. The van der Waals surface area contributed by atoms with Crippen molar-refractivity contribution in [2.45, 2.75) is 27.3 Å². The fourth-order valence-electron chi connectivity index (χ4n) is 2.32. The third-order valence-corrected chi connectivity index (χ3v) is 3.79. The van der Waals surface area contributed by atoms with Gasteiger partial charge in [-0.15, -0.1) is 0 Å². The largest absolute Gasteiger partial charge is 0.323 e. The van der Waals surface area contributed by atoms with E-state index in [2.05, 4.69) is 10.4 Å². The van der Waals surface area contributed by atoms with Crippen molar-refractivity contribution in [2.24, 2.45) is 0 Å². The number of hydrogen-bond acceptors (Lipinski definition) is 2. The Bertz CT molecular complexity index is 617. The van der Waals surface area contributed by atoms with Gasteiger partial charge in [0.15, 0.2) is 0 Å². The van der Waals surface area contributed by atoms with Gasteiger partial charge in [0.2, 0.25) is 0 Å². The molecule has 2 aromatic rings. The average molecular weight is 321 g/mol. The van der Waals surface area contributed by atoms with E-state index in [1.54, 1.807) is 15.8 Å². The Balaban J connectivity index is 2.03. The highest BCUT2D eigenvalue weighted by molar-refractivity contribution is 6.34. The van der Waals surface area contributed by atoms with Crippen LogP contribution in [0.1, 0.15) is 18.1 Å². The summed E-state index contributed by atoms with van der Waals surface area (Å²) >= 11 is 6.24. The highest BCUT2D eigenvalue weighted by Crippen LogP contribution is 2.27. The van der Waals surface area contributed by atoms with E-state index in [4.69, 9.17) is 11.6 Å². The predicted molar refractivity (Wildman–Crippen MR) is 89.4 cm³/mol. The third-order valence-electron chi connectivity index (χ3n) is 3.49. The van der Waals surface area contributed by atoms with E-state index in [0.29, 0.717) is 30.3 Å². The second-order valence-corrected chi connectivity index (χ2v) is 5.62. The van der Waals surface area contributed by atoms with E-state index in [9.17, 15) is 4.79 Å². The van der Waals surface area contributed by atoms with Crippen LogP contribution >= 0.6 is 11.6 Å². The lowest BCUT2D eigenvalue weighted by Crippen LogP contribution is -2.37. The number of aryl methyl sites for hydroxylation is 2. The fourth-order valence-corrected chi connectivity index (χ4v) is 2.69. The van der Waals surface area contributed by atoms with Crippen LogP contribution in [0.3, 0.4) is 0 Å². The molecule has 6 heteroatoms. The maximum atomic E-state index is 12.4. The van der Waals surface area contributed by atoms with Crippen molar-refractivity contribution in [3.63, 3.8) is 0 Å². The summed E-state index contributed by atoms with van der Waals surface area (Å²) in [4.78, 5) is 14.2. The summed E-state index contributed by atoms with van der Waals surface area (Å²) in [5.74, 6) is 0. The highest BCUT2D eigenvalue weighted by atomic mass is 35.5. The van der Waals surface area contributed by atoms with E-state index in [-0.39, 0.29) is 6.03 Å². The maximum Gasteiger partial charge on any atom is 0.321 e. The number of nitrogens with zero attached hydrogens (tertiary/aromatic N) is 3. The number of aromatic nitrogens is 2. The number of anilines is 1. The number of nitrogens with one attached hydrogen (secondary N) is 1. The lowest BCUT2D eigenvalue weighted by atomic mass is 10.1. The monoisotopic (exact) mass is 320 g/mol. The molecule has 2 amide bonds. The van der Waals surface area contributed by atoms with E-state index >= 15 is 0 Å². The number of rotatable bonds is 5. The molecule has 0 aliphatic rings. The summed E-state index contributed by atoms with van der Waals surface area (Å²) in [5, 5.41) is 7.62. The SMILES string of the molecule is CCN(CCn1cccn1)C(=O)Nc1c(C)cc(C)cc1Cl. The molecule has 5 nitrogen and oxygen atoms in total. The molecule has 118 valence electrons. The summed E-state index contributed by atoms with van der Waals surface area (Å²) in [6, 6.07) is 5.57. The second kappa shape index (κ2) is 7.31. The van der Waals surface area contributed by atoms with E-state index in [0.717, 1.165) is 11.1 Å². The normalized spacial score (nSPS) is 10.5. The van der Waals surface area contributed by atoms with Gasteiger partial charge in [-0.1, -0.05) is 17.7 Å². The Labute approximate surface area is 135 Å². The van der Waals surface area contributed by atoms with Gasteiger partial charge >= 0.3 is 6.03 Å². The molecule has 0 aliphatic carbocycles. The Hall–Kier alpha value is -2.01. The van der Waals surface area contributed by atoms with E-state index in [1.807, 2.05) is 45.2 Å². The van der Waals surface area contributed by atoms with Gasteiger partial charge in [0.05, 0.1) is 17.3 Å². The van der Waals surface area contributed by atoms with Crippen molar-refractivity contribution in [1.29, 1.82) is 0 Å². The maximum absolute atomic E-state index is 12.4. The van der Waals surface area contributed by atoms with Crippen LogP contribution in [0.15, 0.2) is 30.6 Å². The number of likely N-dealkylation sites (N-methyl/N-ethyl adjacent to an activating group) is 1. The molecule has 0 radical (unpaired) electrons. The first-order valence-electron chi connectivity index (χ1n) is 7.31. The van der Waals surface area contributed by atoms with Crippen LogP contribution < -0.4 is 5.32 Å². The first kappa shape index (κ1) is 16.4. The van der Waals surface area contributed by atoms with Crippen LogP contribution in [0.4, 0.5) is 10.5 Å². The van der Waals surface area contributed by atoms with Crippen LogP contribution in [-0.2, 0) is 6.54 Å². The molecule has 0 atom stereocenters. The molecule has 0 saturated carbocycles. The second-order valence-electron chi connectivity index (χ2n) is 5.22. The van der Waals surface area contributed by atoms with Gasteiger partial charge in [-0.25, -0.2) is 4.79 Å². The zero-order chi connectivity index (χ0) is 16.1. The van der Waals surface area contributed by atoms with Crippen molar-refractivity contribution in [1.82, 2.24) is 14.7 Å². The third kappa shape index (κ3) is 4.01. The Morgan fingerprint density at radius 1 is 1.41 bits per heavy atom. The molecule has 0 aliphatic heterocycles. The average Bonchev–Trinajstić information content (AvgIpc) is 2.96. The minimum absolute atomic E-state index is 0.150. The lowest BCUT2D eigenvalue weighted by Gasteiger charge is -2.22. The Morgan fingerprint density at radius 3 is 2.77 bits per heavy atom. The molecule has 2 rings (SSSR count). The Kier molecular flexibility index (Phi) is 5.44. The minimum atomic E-state index is -0.150. The summed E-state index contributed by atoms with van der Waals surface area (Å²) in [6.07, 6.45) is 3.61. The van der Waals surface area contributed by atoms with Gasteiger partial charge < -0.3 is 10.2 Å². The van der Waals surface area contributed by atoms with Crippen molar-refractivity contribution >= 4 is 23.3 Å². The van der Waals surface area contributed by atoms with Crippen LogP contribution in [0.2, 0.25) is 5.02 Å². The first-order valence-corrected chi connectivity index (χ1v) is 7.69. The highest BCUT2D eigenvalue weighted by Gasteiger charge is 2.15. The van der Waals surface area contributed by atoms with Gasteiger partial charge in [-0.05, 0) is 44.0 Å². The molecule has 22 heavy (non-hydrogen) atoms. The number of benzene rings is 1. The standard InChI is InChI=1S/C16H21ClN4O/c1-4-20(8-9-21-7-5-6-18-21)16(22)19-15-13(3)10-12(2)11-14(15)17/h5-7,10-11H,4,8-9H2,1-3H3,(H,19,22). The zero-order valence-electron chi connectivity index (χ0n) is 13.1.